The highest BCUT2D eigenvalue weighted by Crippen LogP contribution is 2.23. The second kappa shape index (κ2) is 6.16. The summed E-state index contributed by atoms with van der Waals surface area (Å²) in [7, 11) is 3.54. The van der Waals surface area contributed by atoms with Crippen molar-refractivity contribution in [3.05, 3.63) is 50.2 Å². The second-order valence-corrected chi connectivity index (χ2v) is 6.05. The molecule has 0 fully saturated rings. The number of amides is 1. The van der Waals surface area contributed by atoms with Crippen LogP contribution in [0.15, 0.2) is 28.9 Å². The summed E-state index contributed by atoms with van der Waals surface area (Å²) in [6.45, 7) is 0.425. The molecule has 0 radical (unpaired) electrons. The van der Waals surface area contributed by atoms with Gasteiger partial charge >= 0.3 is 0 Å². The lowest BCUT2D eigenvalue weighted by molar-refractivity contribution is 0.0782. The predicted molar refractivity (Wildman–Crippen MR) is 83.2 cm³/mol. The Morgan fingerprint density at radius 2 is 2.15 bits per heavy atom. The van der Waals surface area contributed by atoms with E-state index in [1.54, 1.807) is 41.0 Å². The summed E-state index contributed by atoms with van der Waals surface area (Å²) in [5, 5.41) is 4.97. The Kier molecular flexibility index (Phi) is 4.73. The fourth-order valence-corrected chi connectivity index (χ4v) is 2.74. The number of aromatic nitrogens is 2. The Morgan fingerprint density at radius 1 is 1.45 bits per heavy atom. The molecule has 1 aromatic heterocycles. The van der Waals surface area contributed by atoms with E-state index >= 15 is 0 Å². The number of halogens is 3. The van der Waals surface area contributed by atoms with Crippen molar-refractivity contribution in [2.24, 2.45) is 7.05 Å². The van der Waals surface area contributed by atoms with Gasteiger partial charge in [0.05, 0.1) is 33.5 Å². The van der Waals surface area contributed by atoms with Crippen molar-refractivity contribution < 1.29 is 4.79 Å². The maximum Gasteiger partial charge on any atom is 0.255 e. The summed E-state index contributed by atoms with van der Waals surface area (Å²) in [6, 6.07) is 4.83. The van der Waals surface area contributed by atoms with E-state index in [1.807, 2.05) is 7.05 Å². The molecule has 20 heavy (non-hydrogen) atoms. The standard InChI is InChI=1S/C13H12BrCl2N3O/c1-18(7-12-10(14)6-17-19(12)2)13(20)9-4-3-8(15)5-11(9)16/h3-6H,7H2,1-2H3. The minimum Gasteiger partial charge on any atom is -0.336 e. The number of hydrogen-bond acceptors (Lipinski definition) is 2. The number of nitrogens with zero attached hydrogens (tertiary/aromatic N) is 3. The molecule has 1 amide bonds. The van der Waals surface area contributed by atoms with Crippen LogP contribution in [0.3, 0.4) is 0 Å². The zero-order valence-corrected chi connectivity index (χ0v) is 14.0. The van der Waals surface area contributed by atoms with Gasteiger partial charge in [-0.15, -0.1) is 0 Å². The molecular weight excluding hydrogens is 365 g/mol. The molecule has 0 aliphatic carbocycles. The van der Waals surface area contributed by atoms with Crippen LogP contribution in [0, 0.1) is 0 Å². The van der Waals surface area contributed by atoms with Gasteiger partial charge < -0.3 is 4.90 Å². The molecule has 0 N–H and O–H groups in total. The molecule has 2 aromatic rings. The van der Waals surface area contributed by atoms with Crippen molar-refractivity contribution in [3.63, 3.8) is 0 Å². The fourth-order valence-electron chi connectivity index (χ4n) is 1.78. The predicted octanol–water partition coefficient (Wildman–Crippen LogP) is 3.76. The molecule has 1 heterocycles. The minimum absolute atomic E-state index is 0.167. The van der Waals surface area contributed by atoms with Gasteiger partial charge in [0.1, 0.15) is 0 Å². The van der Waals surface area contributed by atoms with E-state index in [2.05, 4.69) is 21.0 Å². The van der Waals surface area contributed by atoms with E-state index < -0.39 is 0 Å². The van der Waals surface area contributed by atoms with Crippen molar-refractivity contribution >= 4 is 45.0 Å². The Bertz CT molecular complexity index is 638. The zero-order chi connectivity index (χ0) is 14.9. The lowest BCUT2D eigenvalue weighted by Crippen LogP contribution is -2.27. The molecule has 0 unspecified atom stereocenters. The van der Waals surface area contributed by atoms with Crippen LogP contribution in [0.1, 0.15) is 16.1 Å². The van der Waals surface area contributed by atoms with Gasteiger partial charge in [0.25, 0.3) is 5.91 Å². The van der Waals surface area contributed by atoms with Crippen LogP contribution in [0.2, 0.25) is 10.0 Å². The van der Waals surface area contributed by atoms with E-state index in [0.717, 1.165) is 10.2 Å². The summed E-state index contributed by atoms with van der Waals surface area (Å²) in [4.78, 5) is 14.0. The van der Waals surface area contributed by atoms with Crippen molar-refractivity contribution in [1.29, 1.82) is 0 Å². The number of hydrogen-bond donors (Lipinski definition) is 0. The Hall–Kier alpha value is -1.04. The quantitative estimate of drug-likeness (QED) is 0.817. The first-order valence-electron chi connectivity index (χ1n) is 5.77. The first kappa shape index (κ1) is 15.4. The van der Waals surface area contributed by atoms with E-state index in [0.29, 0.717) is 22.2 Å². The maximum absolute atomic E-state index is 12.4. The average Bonchev–Trinajstić information content (AvgIpc) is 2.70. The Balaban J connectivity index is 2.21. The first-order valence-corrected chi connectivity index (χ1v) is 7.32. The molecule has 7 heteroatoms. The molecule has 0 aliphatic heterocycles. The normalized spacial score (nSPS) is 10.7. The lowest BCUT2D eigenvalue weighted by atomic mass is 10.2. The molecule has 0 aliphatic rings. The van der Waals surface area contributed by atoms with Crippen LogP contribution in [0.25, 0.3) is 0 Å². The molecule has 0 spiro atoms. The number of rotatable bonds is 3. The molecule has 2 rings (SSSR count). The number of benzene rings is 1. The van der Waals surface area contributed by atoms with E-state index in [-0.39, 0.29) is 5.91 Å². The maximum atomic E-state index is 12.4. The van der Waals surface area contributed by atoms with Gasteiger partial charge in [-0.25, -0.2) is 0 Å². The molecule has 106 valence electrons. The van der Waals surface area contributed by atoms with Crippen molar-refractivity contribution in [1.82, 2.24) is 14.7 Å². The van der Waals surface area contributed by atoms with E-state index in [9.17, 15) is 4.79 Å². The van der Waals surface area contributed by atoms with Crippen LogP contribution in [0.4, 0.5) is 0 Å². The van der Waals surface area contributed by atoms with Gasteiger partial charge in [0.15, 0.2) is 0 Å². The third-order valence-electron chi connectivity index (χ3n) is 2.91. The zero-order valence-electron chi connectivity index (χ0n) is 10.9. The largest absolute Gasteiger partial charge is 0.336 e. The molecular formula is C13H12BrCl2N3O. The van der Waals surface area contributed by atoms with Crippen molar-refractivity contribution in [2.45, 2.75) is 6.54 Å². The highest BCUT2D eigenvalue weighted by molar-refractivity contribution is 9.10. The molecule has 0 saturated carbocycles. The summed E-state index contributed by atoms with van der Waals surface area (Å²) >= 11 is 15.3. The average molecular weight is 377 g/mol. The van der Waals surface area contributed by atoms with Gasteiger partial charge in [-0.2, -0.15) is 5.10 Å². The second-order valence-electron chi connectivity index (χ2n) is 4.35. The van der Waals surface area contributed by atoms with Crippen LogP contribution in [0.5, 0.6) is 0 Å². The van der Waals surface area contributed by atoms with Gasteiger partial charge in [0.2, 0.25) is 0 Å². The smallest absolute Gasteiger partial charge is 0.255 e. The van der Waals surface area contributed by atoms with Gasteiger partial charge in [-0.3, -0.25) is 9.48 Å². The summed E-state index contributed by atoms with van der Waals surface area (Å²) in [6.07, 6.45) is 1.70. The number of carbonyl (C=O) groups excluding carboxylic acids is 1. The monoisotopic (exact) mass is 375 g/mol. The molecule has 0 bridgehead atoms. The Labute approximate surface area is 135 Å². The van der Waals surface area contributed by atoms with Gasteiger partial charge in [-0.1, -0.05) is 23.2 Å². The molecule has 4 nitrogen and oxygen atoms in total. The van der Waals surface area contributed by atoms with Crippen LogP contribution < -0.4 is 0 Å². The summed E-state index contributed by atoms with van der Waals surface area (Å²) in [5.41, 5.74) is 1.34. The number of carbonyl (C=O) groups is 1. The van der Waals surface area contributed by atoms with Gasteiger partial charge in [-0.05, 0) is 34.1 Å². The topological polar surface area (TPSA) is 38.1 Å². The Morgan fingerprint density at radius 3 is 2.70 bits per heavy atom. The minimum atomic E-state index is -0.167. The van der Waals surface area contributed by atoms with Crippen LogP contribution in [-0.4, -0.2) is 27.6 Å². The van der Waals surface area contributed by atoms with Crippen LogP contribution >= 0.6 is 39.1 Å². The highest BCUT2D eigenvalue weighted by Gasteiger charge is 2.18. The van der Waals surface area contributed by atoms with Crippen molar-refractivity contribution in [2.75, 3.05) is 7.05 Å². The van der Waals surface area contributed by atoms with Crippen molar-refractivity contribution in [3.8, 4) is 0 Å². The SMILES string of the molecule is CN(Cc1c(Br)cnn1C)C(=O)c1ccc(Cl)cc1Cl. The van der Waals surface area contributed by atoms with Gasteiger partial charge in [0, 0.05) is 19.1 Å². The number of aryl methyl sites for hydroxylation is 1. The third-order valence-corrected chi connectivity index (χ3v) is 4.12. The molecule has 0 saturated heterocycles. The van der Waals surface area contributed by atoms with E-state index in [1.165, 1.54) is 0 Å². The van der Waals surface area contributed by atoms with Crippen LogP contribution in [-0.2, 0) is 13.6 Å². The fraction of sp³-hybridized carbons (Fsp3) is 0.231. The first-order chi connectivity index (χ1) is 9.40. The lowest BCUT2D eigenvalue weighted by Gasteiger charge is -2.18. The summed E-state index contributed by atoms with van der Waals surface area (Å²) < 4.78 is 2.58. The summed E-state index contributed by atoms with van der Waals surface area (Å²) in [5.74, 6) is -0.167. The molecule has 1 aromatic carbocycles. The van der Waals surface area contributed by atoms with E-state index in [4.69, 9.17) is 23.2 Å². The highest BCUT2D eigenvalue weighted by atomic mass is 79.9. The molecule has 0 atom stereocenters. The third kappa shape index (κ3) is 3.16.